The zero-order valence-corrected chi connectivity index (χ0v) is 19.4. The molecular formula is C27H32N4O2. The first-order valence-electron chi connectivity index (χ1n) is 11.9. The van der Waals surface area contributed by atoms with E-state index in [2.05, 4.69) is 45.9 Å². The molecule has 6 heteroatoms. The molecule has 1 spiro atoms. The summed E-state index contributed by atoms with van der Waals surface area (Å²) in [4.78, 5) is 31.3. The van der Waals surface area contributed by atoms with Gasteiger partial charge in [0.25, 0.3) is 0 Å². The number of amides is 3. The number of aromatic nitrogens is 1. The number of aryl methyl sites for hydroxylation is 1. The van der Waals surface area contributed by atoms with Crippen molar-refractivity contribution < 1.29 is 9.59 Å². The van der Waals surface area contributed by atoms with Gasteiger partial charge in [-0.25, -0.2) is 4.79 Å². The Kier molecular flexibility index (Phi) is 5.60. The van der Waals surface area contributed by atoms with E-state index in [1.807, 2.05) is 36.2 Å². The number of fused-ring (bicyclic) bond motifs is 3. The van der Waals surface area contributed by atoms with Crippen molar-refractivity contribution in [1.82, 2.24) is 20.5 Å². The third-order valence-electron chi connectivity index (χ3n) is 7.89. The predicted molar refractivity (Wildman–Crippen MR) is 130 cm³/mol. The SMILES string of the molecule is CNC(=O)NC(C(=O)N1CCC2(CCc3ccccc32)CC1)[C@H](C)c1c[nH]c2ccccc12. The molecule has 0 radical (unpaired) electrons. The lowest BCUT2D eigenvalue weighted by molar-refractivity contribution is -0.135. The van der Waals surface area contributed by atoms with Gasteiger partial charge < -0.3 is 20.5 Å². The average molecular weight is 445 g/mol. The summed E-state index contributed by atoms with van der Waals surface area (Å²) >= 11 is 0. The smallest absolute Gasteiger partial charge is 0.315 e. The van der Waals surface area contributed by atoms with E-state index in [1.165, 1.54) is 17.5 Å². The topological polar surface area (TPSA) is 77.2 Å². The zero-order valence-electron chi connectivity index (χ0n) is 19.4. The summed E-state index contributed by atoms with van der Waals surface area (Å²) in [5, 5.41) is 6.64. The van der Waals surface area contributed by atoms with E-state index in [0.717, 1.165) is 48.8 Å². The van der Waals surface area contributed by atoms with Gasteiger partial charge in [0.15, 0.2) is 0 Å². The van der Waals surface area contributed by atoms with Crippen LogP contribution in [0.4, 0.5) is 4.79 Å². The van der Waals surface area contributed by atoms with Crippen molar-refractivity contribution in [2.75, 3.05) is 20.1 Å². The largest absolute Gasteiger partial charge is 0.361 e. The highest BCUT2D eigenvalue weighted by molar-refractivity contribution is 5.90. The number of benzene rings is 2. The molecule has 1 aliphatic carbocycles. The molecule has 6 nitrogen and oxygen atoms in total. The molecule has 5 rings (SSSR count). The van der Waals surface area contributed by atoms with Gasteiger partial charge in [0, 0.05) is 43.2 Å². The molecule has 0 saturated carbocycles. The quantitative estimate of drug-likeness (QED) is 0.567. The number of nitrogens with one attached hydrogen (secondary N) is 3. The van der Waals surface area contributed by atoms with Crippen LogP contribution in [0, 0.1) is 0 Å². The highest BCUT2D eigenvalue weighted by atomic mass is 16.2. The molecule has 3 aromatic rings. The summed E-state index contributed by atoms with van der Waals surface area (Å²) in [6, 6.07) is 15.9. The van der Waals surface area contributed by atoms with Crippen molar-refractivity contribution in [2.45, 2.75) is 50.0 Å². The van der Waals surface area contributed by atoms with Crippen LogP contribution in [0.15, 0.2) is 54.7 Å². The van der Waals surface area contributed by atoms with Crippen molar-refractivity contribution in [2.24, 2.45) is 0 Å². The second kappa shape index (κ2) is 8.58. The van der Waals surface area contributed by atoms with Crippen LogP contribution in [0.2, 0.25) is 0 Å². The second-order valence-corrected chi connectivity index (χ2v) is 9.54. The fourth-order valence-corrected chi connectivity index (χ4v) is 5.90. The van der Waals surface area contributed by atoms with Gasteiger partial charge in [-0.05, 0) is 53.9 Å². The molecule has 0 bridgehead atoms. The lowest BCUT2D eigenvalue weighted by atomic mass is 9.73. The Labute approximate surface area is 194 Å². The number of hydrogen-bond acceptors (Lipinski definition) is 2. The summed E-state index contributed by atoms with van der Waals surface area (Å²) in [7, 11) is 1.58. The number of para-hydroxylation sites is 1. The number of nitrogens with zero attached hydrogens (tertiary/aromatic N) is 1. The van der Waals surface area contributed by atoms with Crippen molar-refractivity contribution in [3.8, 4) is 0 Å². The van der Waals surface area contributed by atoms with Gasteiger partial charge >= 0.3 is 6.03 Å². The molecule has 3 N–H and O–H groups in total. The van der Waals surface area contributed by atoms with Crippen molar-refractivity contribution in [1.29, 1.82) is 0 Å². The Hall–Kier alpha value is -3.28. The molecule has 2 heterocycles. The lowest BCUT2D eigenvalue weighted by Gasteiger charge is -2.41. The minimum absolute atomic E-state index is 0.00230. The van der Waals surface area contributed by atoms with E-state index >= 15 is 0 Å². The number of rotatable bonds is 4. The monoisotopic (exact) mass is 444 g/mol. The Balaban J connectivity index is 1.37. The van der Waals surface area contributed by atoms with Gasteiger partial charge in [-0.3, -0.25) is 4.79 Å². The Bertz CT molecular complexity index is 1180. The summed E-state index contributed by atoms with van der Waals surface area (Å²) in [5.41, 5.74) is 5.21. The molecule has 1 unspecified atom stereocenters. The maximum Gasteiger partial charge on any atom is 0.315 e. The lowest BCUT2D eigenvalue weighted by Crippen LogP contribution is -2.55. The second-order valence-electron chi connectivity index (χ2n) is 9.54. The molecular weight excluding hydrogens is 412 g/mol. The number of hydrogen-bond donors (Lipinski definition) is 3. The first kappa shape index (κ1) is 21.6. The first-order chi connectivity index (χ1) is 16.0. The van der Waals surface area contributed by atoms with Crippen LogP contribution in [0.25, 0.3) is 10.9 Å². The number of aromatic amines is 1. The first-order valence-corrected chi connectivity index (χ1v) is 11.9. The number of urea groups is 1. The number of likely N-dealkylation sites (tertiary alicyclic amines) is 1. The van der Waals surface area contributed by atoms with Crippen molar-refractivity contribution in [3.63, 3.8) is 0 Å². The third-order valence-corrected chi connectivity index (χ3v) is 7.89. The van der Waals surface area contributed by atoms with Gasteiger partial charge in [0.05, 0.1) is 0 Å². The van der Waals surface area contributed by atoms with Gasteiger partial charge in [-0.15, -0.1) is 0 Å². The Morgan fingerprint density at radius 2 is 1.76 bits per heavy atom. The Morgan fingerprint density at radius 1 is 1.03 bits per heavy atom. The molecule has 2 atom stereocenters. The maximum atomic E-state index is 13.7. The molecule has 1 aliphatic heterocycles. The molecule has 2 aromatic carbocycles. The molecule has 172 valence electrons. The minimum Gasteiger partial charge on any atom is -0.361 e. The molecule has 3 amide bonds. The van der Waals surface area contributed by atoms with E-state index < -0.39 is 6.04 Å². The van der Waals surface area contributed by atoms with Crippen LogP contribution >= 0.6 is 0 Å². The minimum atomic E-state index is -0.630. The molecule has 1 aromatic heterocycles. The van der Waals surface area contributed by atoms with Crippen LogP contribution < -0.4 is 10.6 Å². The van der Waals surface area contributed by atoms with Gasteiger partial charge in [0.1, 0.15) is 6.04 Å². The molecule has 1 fully saturated rings. The molecule has 1 saturated heterocycles. The predicted octanol–water partition coefficient (Wildman–Crippen LogP) is 4.08. The van der Waals surface area contributed by atoms with Crippen LogP contribution in [0.5, 0.6) is 0 Å². The van der Waals surface area contributed by atoms with Crippen LogP contribution in [0.1, 0.15) is 48.8 Å². The van der Waals surface area contributed by atoms with Crippen molar-refractivity contribution in [3.05, 3.63) is 71.4 Å². The highest BCUT2D eigenvalue weighted by Crippen LogP contribution is 2.46. The third kappa shape index (κ3) is 3.77. The number of carbonyl (C=O) groups excluding carboxylic acids is 2. The normalized spacial score (nSPS) is 18.7. The Morgan fingerprint density at radius 3 is 2.55 bits per heavy atom. The van der Waals surface area contributed by atoms with Crippen molar-refractivity contribution >= 4 is 22.8 Å². The summed E-state index contributed by atoms with van der Waals surface area (Å²) in [6.07, 6.45) is 6.21. The summed E-state index contributed by atoms with van der Waals surface area (Å²) in [6.45, 7) is 3.46. The zero-order chi connectivity index (χ0) is 23.0. The standard InChI is InChI=1S/C27H32N4O2/c1-18(21-17-29-23-10-6-4-8-20(21)23)24(30-26(33)28-2)25(32)31-15-13-27(14-16-31)12-11-19-7-3-5-9-22(19)27/h3-10,17-18,24,29H,11-16H2,1-2H3,(H2,28,30,33)/t18-,24?/m1/s1. The van der Waals surface area contributed by atoms with Gasteiger partial charge in [-0.2, -0.15) is 0 Å². The van der Waals surface area contributed by atoms with Gasteiger partial charge in [-0.1, -0.05) is 49.4 Å². The van der Waals surface area contributed by atoms with E-state index in [-0.39, 0.29) is 23.3 Å². The van der Waals surface area contributed by atoms with E-state index in [9.17, 15) is 9.59 Å². The highest BCUT2D eigenvalue weighted by Gasteiger charge is 2.43. The summed E-state index contributed by atoms with van der Waals surface area (Å²) < 4.78 is 0. The van der Waals surface area contributed by atoms with E-state index in [1.54, 1.807) is 7.05 Å². The van der Waals surface area contributed by atoms with Crippen LogP contribution in [-0.2, 0) is 16.6 Å². The van der Waals surface area contributed by atoms with Crippen LogP contribution in [-0.4, -0.2) is 48.0 Å². The number of piperidine rings is 1. The fourth-order valence-electron chi connectivity index (χ4n) is 5.90. The molecule has 33 heavy (non-hydrogen) atoms. The van der Waals surface area contributed by atoms with Crippen LogP contribution in [0.3, 0.4) is 0 Å². The van der Waals surface area contributed by atoms with E-state index in [0.29, 0.717) is 0 Å². The number of H-pyrrole nitrogens is 1. The number of carbonyl (C=O) groups is 2. The summed E-state index contributed by atoms with van der Waals surface area (Å²) in [5.74, 6) is -0.174. The maximum absolute atomic E-state index is 13.7. The fraction of sp³-hybridized carbons (Fsp3) is 0.407. The van der Waals surface area contributed by atoms with Gasteiger partial charge in [0.2, 0.25) is 5.91 Å². The molecule has 2 aliphatic rings. The van der Waals surface area contributed by atoms with E-state index in [4.69, 9.17) is 0 Å². The average Bonchev–Trinajstić information content (AvgIpc) is 3.44.